The summed E-state index contributed by atoms with van der Waals surface area (Å²) in [6.07, 6.45) is 0.400. The molecule has 4 nitrogen and oxygen atoms in total. The number of Topliss-reactive ketones (excluding diaryl/α,β-unsaturated/α-hetero) is 1. The highest BCUT2D eigenvalue weighted by molar-refractivity contribution is 6.00. The molecule has 1 aromatic carbocycles. The zero-order chi connectivity index (χ0) is 13.8. The lowest BCUT2D eigenvalue weighted by molar-refractivity contribution is -0.151. The number of hydrogen-bond acceptors (Lipinski definition) is 4. The molecule has 1 saturated heterocycles. The molecule has 19 heavy (non-hydrogen) atoms. The fraction of sp³-hybridized carbons (Fsp3) is 0.467. The molecule has 1 aromatic rings. The monoisotopic (exact) mass is 261 g/mol. The SMILES string of the molecule is CCOC(=O)C1CN(c2ccc(C)cc2)CCC1=O. The van der Waals surface area contributed by atoms with Crippen LogP contribution < -0.4 is 4.90 Å². The lowest BCUT2D eigenvalue weighted by atomic mass is 9.96. The third-order valence-corrected chi connectivity index (χ3v) is 3.39. The Kier molecular flexibility index (Phi) is 4.20. The number of aryl methyl sites for hydroxylation is 1. The molecular weight excluding hydrogens is 242 g/mol. The Morgan fingerprint density at radius 2 is 2.05 bits per heavy atom. The summed E-state index contributed by atoms with van der Waals surface area (Å²) in [7, 11) is 0. The maximum atomic E-state index is 11.8. The molecule has 1 heterocycles. The minimum Gasteiger partial charge on any atom is -0.465 e. The van der Waals surface area contributed by atoms with E-state index >= 15 is 0 Å². The summed E-state index contributed by atoms with van der Waals surface area (Å²) in [4.78, 5) is 25.7. The fourth-order valence-electron chi connectivity index (χ4n) is 2.27. The summed E-state index contributed by atoms with van der Waals surface area (Å²) in [5, 5.41) is 0. The van der Waals surface area contributed by atoms with Crippen LogP contribution in [0.5, 0.6) is 0 Å². The molecule has 0 bridgehead atoms. The number of anilines is 1. The number of hydrogen-bond donors (Lipinski definition) is 0. The van der Waals surface area contributed by atoms with Crippen LogP contribution in [-0.2, 0) is 14.3 Å². The van der Waals surface area contributed by atoms with Gasteiger partial charge in [0.25, 0.3) is 0 Å². The minimum atomic E-state index is -0.644. The summed E-state index contributed by atoms with van der Waals surface area (Å²) in [5.74, 6) is -1.05. The molecule has 1 atom stereocenters. The highest BCUT2D eigenvalue weighted by Gasteiger charge is 2.33. The van der Waals surface area contributed by atoms with Crippen molar-refractivity contribution in [3.8, 4) is 0 Å². The number of piperidine rings is 1. The second-order valence-corrected chi connectivity index (χ2v) is 4.80. The van der Waals surface area contributed by atoms with Gasteiger partial charge in [-0.2, -0.15) is 0 Å². The second-order valence-electron chi connectivity index (χ2n) is 4.80. The summed E-state index contributed by atoms with van der Waals surface area (Å²) in [5.41, 5.74) is 2.24. The van der Waals surface area contributed by atoms with Crippen molar-refractivity contribution in [2.24, 2.45) is 5.92 Å². The summed E-state index contributed by atoms with van der Waals surface area (Å²) in [6.45, 7) is 5.18. The molecule has 1 aliphatic rings. The molecule has 0 saturated carbocycles. The first-order chi connectivity index (χ1) is 9.11. The molecule has 1 fully saturated rings. The molecule has 0 spiro atoms. The van der Waals surface area contributed by atoms with Crippen LogP contribution in [0.2, 0.25) is 0 Å². The van der Waals surface area contributed by atoms with Gasteiger partial charge in [0, 0.05) is 25.2 Å². The van der Waals surface area contributed by atoms with E-state index in [1.807, 2.05) is 31.2 Å². The second kappa shape index (κ2) is 5.87. The van der Waals surface area contributed by atoms with Crippen LogP contribution in [0.25, 0.3) is 0 Å². The van der Waals surface area contributed by atoms with Gasteiger partial charge in [-0.05, 0) is 26.0 Å². The maximum absolute atomic E-state index is 11.8. The quantitative estimate of drug-likeness (QED) is 0.616. The Balaban J connectivity index is 2.10. The highest BCUT2D eigenvalue weighted by atomic mass is 16.5. The van der Waals surface area contributed by atoms with Crippen molar-refractivity contribution in [2.75, 3.05) is 24.6 Å². The van der Waals surface area contributed by atoms with E-state index in [1.165, 1.54) is 5.56 Å². The van der Waals surface area contributed by atoms with Gasteiger partial charge in [-0.1, -0.05) is 17.7 Å². The Morgan fingerprint density at radius 3 is 2.68 bits per heavy atom. The van der Waals surface area contributed by atoms with Gasteiger partial charge < -0.3 is 9.64 Å². The van der Waals surface area contributed by atoms with E-state index < -0.39 is 11.9 Å². The fourth-order valence-corrected chi connectivity index (χ4v) is 2.27. The first-order valence-corrected chi connectivity index (χ1v) is 6.62. The first-order valence-electron chi connectivity index (χ1n) is 6.62. The van der Waals surface area contributed by atoms with E-state index in [0.717, 1.165) is 5.69 Å². The van der Waals surface area contributed by atoms with E-state index in [-0.39, 0.29) is 5.78 Å². The number of ether oxygens (including phenoxy) is 1. The van der Waals surface area contributed by atoms with Crippen molar-refractivity contribution in [3.63, 3.8) is 0 Å². The van der Waals surface area contributed by atoms with E-state index in [9.17, 15) is 9.59 Å². The zero-order valence-electron chi connectivity index (χ0n) is 11.4. The standard InChI is InChI=1S/C15H19NO3/c1-3-19-15(18)13-10-16(9-8-14(13)17)12-6-4-11(2)5-7-12/h4-7,13H,3,8-10H2,1-2H3. The predicted molar refractivity (Wildman–Crippen MR) is 73.1 cm³/mol. The number of rotatable bonds is 3. The molecule has 2 rings (SSSR count). The van der Waals surface area contributed by atoms with Crippen LogP contribution in [0, 0.1) is 12.8 Å². The molecule has 102 valence electrons. The van der Waals surface area contributed by atoms with Crippen LogP contribution in [0.15, 0.2) is 24.3 Å². The van der Waals surface area contributed by atoms with Crippen molar-refractivity contribution >= 4 is 17.4 Å². The van der Waals surface area contributed by atoms with Gasteiger partial charge in [0.05, 0.1) is 6.61 Å². The Labute approximate surface area is 113 Å². The molecule has 0 radical (unpaired) electrons. The third-order valence-electron chi connectivity index (χ3n) is 3.39. The summed E-state index contributed by atoms with van der Waals surface area (Å²) < 4.78 is 4.97. The maximum Gasteiger partial charge on any atom is 0.318 e. The van der Waals surface area contributed by atoms with Crippen molar-refractivity contribution < 1.29 is 14.3 Å². The summed E-state index contributed by atoms with van der Waals surface area (Å²) in [6, 6.07) is 8.11. The lowest BCUT2D eigenvalue weighted by Gasteiger charge is -2.32. The van der Waals surface area contributed by atoms with Crippen LogP contribution in [0.3, 0.4) is 0 Å². The van der Waals surface area contributed by atoms with Crippen molar-refractivity contribution in [1.82, 2.24) is 0 Å². The van der Waals surface area contributed by atoms with Gasteiger partial charge in [0.2, 0.25) is 0 Å². The van der Waals surface area contributed by atoms with E-state index in [0.29, 0.717) is 26.1 Å². The van der Waals surface area contributed by atoms with Crippen LogP contribution >= 0.6 is 0 Å². The molecule has 4 heteroatoms. The average molecular weight is 261 g/mol. The smallest absolute Gasteiger partial charge is 0.318 e. The molecule has 0 aromatic heterocycles. The minimum absolute atomic E-state index is 0.0122. The van der Waals surface area contributed by atoms with E-state index in [4.69, 9.17) is 4.74 Å². The molecule has 1 aliphatic heterocycles. The van der Waals surface area contributed by atoms with Gasteiger partial charge in [-0.25, -0.2) is 0 Å². The van der Waals surface area contributed by atoms with Crippen molar-refractivity contribution in [1.29, 1.82) is 0 Å². The Morgan fingerprint density at radius 1 is 1.37 bits per heavy atom. The van der Waals surface area contributed by atoms with Gasteiger partial charge in [-0.15, -0.1) is 0 Å². The number of ketones is 1. The Hall–Kier alpha value is -1.84. The molecule has 0 N–H and O–H groups in total. The van der Waals surface area contributed by atoms with Crippen molar-refractivity contribution in [3.05, 3.63) is 29.8 Å². The Bertz CT molecular complexity index is 467. The number of nitrogens with zero attached hydrogens (tertiary/aromatic N) is 1. The highest BCUT2D eigenvalue weighted by Crippen LogP contribution is 2.22. The normalized spacial score (nSPS) is 19.4. The van der Waals surface area contributed by atoms with E-state index in [1.54, 1.807) is 6.92 Å². The van der Waals surface area contributed by atoms with Gasteiger partial charge >= 0.3 is 5.97 Å². The molecule has 1 unspecified atom stereocenters. The first kappa shape index (κ1) is 13.6. The van der Waals surface area contributed by atoms with Crippen molar-refractivity contribution in [2.45, 2.75) is 20.3 Å². The van der Waals surface area contributed by atoms with E-state index in [2.05, 4.69) is 4.90 Å². The number of benzene rings is 1. The average Bonchev–Trinajstić information content (AvgIpc) is 2.40. The molecule has 0 aliphatic carbocycles. The number of carbonyl (C=O) groups excluding carboxylic acids is 2. The van der Waals surface area contributed by atoms with Crippen LogP contribution in [0.1, 0.15) is 18.9 Å². The zero-order valence-corrected chi connectivity index (χ0v) is 11.4. The van der Waals surface area contributed by atoms with Crippen LogP contribution in [0.4, 0.5) is 5.69 Å². The predicted octanol–water partition coefficient (Wildman–Crippen LogP) is 1.95. The van der Waals surface area contributed by atoms with Gasteiger partial charge in [-0.3, -0.25) is 9.59 Å². The molecular formula is C15H19NO3. The molecule has 0 amide bonds. The topological polar surface area (TPSA) is 46.6 Å². The van der Waals surface area contributed by atoms with Gasteiger partial charge in [0.1, 0.15) is 5.92 Å². The summed E-state index contributed by atoms with van der Waals surface area (Å²) >= 11 is 0. The van der Waals surface area contributed by atoms with Gasteiger partial charge in [0.15, 0.2) is 5.78 Å². The number of carbonyl (C=O) groups is 2. The lowest BCUT2D eigenvalue weighted by Crippen LogP contribution is -2.45. The largest absolute Gasteiger partial charge is 0.465 e. The van der Waals surface area contributed by atoms with Crippen LogP contribution in [-0.4, -0.2) is 31.4 Å². The third kappa shape index (κ3) is 3.13. The number of esters is 1.